The standard InChI is InChI=1S/C12H17NO2S/c1-3-6-10(12(14)15)13-9-7-4-5-8-11(9)16-2/h4-5,7-8,10,13H,3,6H2,1-2H3,(H,14,15)/t10-/m1/s1. The zero-order chi connectivity index (χ0) is 12.0. The van der Waals surface area contributed by atoms with Crippen molar-refractivity contribution < 1.29 is 9.90 Å². The molecule has 0 saturated carbocycles. The second-order valence-electron chi connectivity index (χ2n) is 3.52. The number of aliphatic carboxylic acids is 1. The van der Waals surface area contributed by atoms with Crippen molar-refractivity contribution in [3.8, 4) is 0 Å². The molecule has 0 aliphatic carbocycles. The van der Waals surface area contributed by atoms with E-state index in [1.54, 1.807) is 11.8 Å². The van der Waals surface area contributed by atoms with Gasteiger partial charge in [0.05, 0.1) is 0 Å². The van der Waals surface area contributed by atoms with Crippen molar-refractivity contribution in [1.29, 1.82) is 0 Å². The molecule has 0 fully saturated rings. The summed E-state index contributed by atoms with van der Waals surface area (Å²) in [6.45, 7) is 1.98. The first-order chi connectivity index (χ1) is 7.69. The minimum atomic E-state index is -0.794. The Balaban J connectivity index is 2.80. The summed E-state index contributed by atoms with van der Waals surface area (Å²) in [7, 11) is 0. The van der Waals surface area contributed by atoms with Crippen LogP contribution >= 0.6 is 11.8 Å². The number of carboxylic acid groups (broad SMARTS) is 1. The number of nitrogens with one attached hydrogen (secondary N) is 1. The molecule has 0 aromatic heterocycles. The summed E-state index contributed by atoms with van der Waals surface area (Å²) in [5.74, 6) is -0.794. The topological polar surface area (TPSA) is 49.3 Å². The third-order valence-electron chi connectivity index (χ3n) is 2.31. The van der Waals surface area contributed by atoms with E-state index in [0.717, 1.165) is 17.0 Å². The van der Waals surface area contributed by atoms with Gasteiger partial charge in [-0.2, -0.15) is 0 Å². The molecule has 0 unspecified atom stereocenters. The molecular weight excluding hydrogens is 222 g/mol. The van der Waals surface area contributed by atoms with Crippen LogP contribution in [0.15, 0.2) is 29.2 Å². The molecule has 2 N–H and O–H groups in total. The van der Waals surface area contributed by atoms with Crippen LogP contribution in [0.25, 0.3) is 0 Å². The molecular formula is C12H17NO2S. The third-order valence-corrected chi connectivity index (χ3v) is 3.11. The highest BCUT2D eigenvalue weighted by atomic mass is 32.2. The van der Waals surface area contributed by atoms with Gasteiger partial charge in [-0.1, -0.05) is 25.5 Å². The van der Waals surface area contributed by atoms with E-state index >= 15 is 0 Å². The van der Waals surface area contributed by atoms with Crippen molar-refractivity contribution in [3.05, 3.63) is 24.3 Å². The lowest BCUT2D eigenvalue weighted by molar-refractivity contribution is -0.138. The molecule has 0 heterocycles. The number of hydrogen-bond donors (Lipinski definition) is 2. The minimum absolute atomic E-state index is 0.502. The van der Waals surface area contributed by atoms with E-state index < -0.39 is 12.0 Å². The smallest absolute Gasteiger partial charge is 0.326 e. The van der Waals surface area contributed by atoms with Crippen LogP contribution in [0.5, 0.6) is 0 Å². The van der Waals surface area contributed by atoms with Crippen molar-refractivity contribution in [2.75, 3.05) is 11.6 Å². The monoisotopic (exact) mass is 239 g/mol. The fraction of sp³-hybridized carbons (Fsp3) is 0.417. The normalized spacial score (nSPS) is 12.1. The predicted octanol–water partition coefficient (Wildman–Crippen LogP) is 3.07. The number of hydrogen-bond acceptors (Lipinski definition) is 3. The van der Waals surface area contributed by atoms with Gasteiger partial charge < -0.3 is 10.4 Å². The number of anilines is 1. The maximum absolute atomic E-state index is 11.0. The molecule has 4 heteroatoms. The van der Waals surface area contributed by atoms with E-state index in [0.29, 0.717) is 6.42 Å². The highest BCUT2D eigenvalue weighted by Crippen LogP contribution is 2.25. The van der Waals surface area contributed by atoms with E-state index in [4.69, 9.17) is 5.11 Å². The number of carboxylic acids is 1. The summed E-state index contributed by atoms with van der Waals surface area (Å²) in [5.41, 5.74) is 0.899. The number of carbonyl (C=O) groups is 1. The Labute approximate surface area is 100 Å². The van der Waals surface area contributed by atoms with Crippen LogP contribution < -0.4 is 5.32 Å². The van der Waals surface area contributed by atoms with Crippen molar-refractivity contribution in [3.63, 3.8) is 0 Å². The van der Waals surface area contributed by atoms with Crippen LogP contribution in [0.4, 0.5) is 5.69 Å². The second kappa shape index (κ2) is 6.43. The van der Waals surface area contributed by atoms with Gasteiger partial charge in [-0.3, -0.25) is 0 Å². The minimum Gasteiger partial charge on any atom is -0.480 e. The Bertz CT molecular complexity index is 355. The SMILES string of the molecule is CCC[C@@H](Nc1ccccc1SC)C(=O)O. The van der Waals surface area contributed by atoms with Gasteiger partial charge >= 0.3 is 5.97 Å². The Morgan fingerprint density at radius 3 is 2.75 bits per heavy atom. The van der Waals surface area contributed by atoms with Gasteiger partial charge in [0.25, 0.3) is 0 Å². The summed E-state index contributed by atoms with van der Waals surface area (Å²) >= 11 is 1.61. The molecule has 1 aromatic carbocycles. The lowest BCUT2D eigenvalue weighted by Gasteiger charge is -2.16. The molecule has 0 bridgehead atoms. The van der Waals surface area contributed by atoms with E-state index in [2.05, 4.69) is 5.32 Å². The Hall–Kier alpha value is -1.16. The molecule has 0 aliphatic rings. The van der Waals surface area contributed by atoms with Gasteiger partial charge in [-0.05, 0) is 24.8 Å². The highest BCUT2D eigenvalue weighted by molar-refractivity contribution is 7.98. The van der Waals surface area contributed by atoms with Crippen LogP contribution in [0.1, 0.15) is 19.8 Å². The Kier molecular flexibility index (Phi) is 5.19. The summed E-state index contributed by atoms with van der Waals surface area (Å²) < 4.78 is 0. The van der Waals surface area contributed by atoms with Crippen LogP contribution in [-0.4, -0.2) is 23.4 Å². The third kappa shape index (κ3) is 3.45. The molecule has 0 amide bonds. The summed E-state index contributed by atoms with van der Waals surface area (Å²) in [6.07, 6.45) is 3.47. The maximum atomic E-state index is 11.0. The predicted molar refractivity (Wildman–Crippen MR) is 68.2 cm³/mol. The van der Waals surface area contributed by atoms with Gasteiger partial charge in [-0.15, -0.1) is 11.8 Å². The molecule has 88 valence electrons. The molecule has 0 aliphatic heterocycles. The zero-order valence-electron chi connectivity index (χ0n) is 9.56. The number of rotatable bonds is 6. The van der Waals surface area contributed by atoms with Gasteiger partial charge in [0.15, 0.2) is 0 Å². The average molecular weight is 239 g/mol. The fourth-order valence-electron chi connectivity index (χ4n) is 1.50. The van der Waals surface area contributed by atoms with E-state index in [1.807, 2.05) is 37.4 Å². The van der Waals surface area contributed by atoms with Crippen molar-refractivity contribution in [2.24, 2.45) is 0 Å². The number of benzene rings is 1. The average Bonchev–Trinajstić information content (AvgIpc) is 2.29. The lowest BCUT2D eigenvalue weighted by Crippen LogP contribution is -2.29. The summed E-state index contributed by atoms with van der Waals surface area (Å²) in [4.78, 5) is 12.1. The lowest BCUT2D eigenvalue weighted by atomic mass is 10.1. The Morgan fingerprint density at radius 2 is 2.19 bits per heavy atom. The van der Waals surface area contributed by atoms with E-state index in [1.165, 1.54) is 0 Å². The van der Waals surface area contributed by atoms with Crippen LogP contribution in [-0.2, 0) is 4.79 Å². The molecule has 1 rings (SSSR count). The van der Waals surface area contributed by atoms with Gasteiger partial charge in [-0.25, -0.2) is 4.79 Å². The first kappa shape index (κ1) is 12.9. The van der Waals surface area contributed by atoms with Crippen molar-refractivity contribution in [2.45, 2.75) is 30.7 Å². The summed E-state index contributed by atoms with van der Waals surface area (Å²) in [6, 6.07) is 7.26. The molecule has 0 saturated heterocycles. The molecule has 0 radical (unpaired) electrons. The van der Waals surface area contributed by atoms with E-state index in [-0.39, 0.29) is 0 Å². The van der Waals surface area contributed by atoms with Crippen LogP contribution in [0, 0.1) is 0 Å². The van der Waals surface area contributed by atoms with Crippen LogP contribution in [0.3, 0.4) is 0 Å². The quantitative estimate of drug-likeness (QED) is 0.749. The number of thioether (sulfide) groups is 1. The van der Waals surface area contributed by atoms with Crippen LogP contribution in [0.2, 0.25) is 0 Å². The fourth-order valence-corrected chi connectivity index (χ4v) is 2.06. The van der Waals surface area contributed by atoms with Crippen molar-refractivity contribution in [1.82, 2.24) is 0 Å². The highest BCUT2D eigenvalue weighted by Gasteiger charge is 2.16. The number of para-hydroxylation sites is 1. The molecule has 3 nitrogen and oxygen atoms in total. The van der Waals surface area contributed by atoms with E-state index in [9.17, 15) is 4.79 Å². The van der Waals surface area contributed by atoms with Gasteiger partial charge in [0, 0.05) is 10.6 Å². The second-order valence-corrected chi connectivity index (χ2v) is 4.37. The molecule has 16 heavy (non-hydrogen) atoms. The maximum Gasteiger partial charge on any atom is 0.326 e. The van der Waals surface area contributed by atoms with Gasteiger partial charge in [0.2, 0.25) is 0 Å². The molecule has 1 aromatic rings. The Morgan fingerprint density at radius 1 is 1.50 bits per heavy atom. The first-order valence-electron chi connectivity index (χ1n) is 5.31. The molecule has 1 atom stereocenters. The van der Waals surface area contributed by atoms with Gasteiger partial charge in [0.1, 0.15) is 6.04 Å². The summed E-state index contributed by atoms with van der Waals surface area (Å²) in [5, 5.41) is 12.1. The molecule has 0 spiro atoms. The largest absolute Gasteiger partial charge is 0.480 e. The van der Waals surface area contributed by atoms with Crippen molar-refractivity contribution >= 4 is 23.4 Å². The first-order valence-corrected chi connectivity index (χ1v) is 6.53. The zero-order valence-corrected chi connectivity index (χ0v) is 10.4.